The summed E-state index contributed by atoms with van der Waals surface area (Å²) < 4.78 is 29.4. The van der Waals surface area contributed by atoms with E-state index in [2.05, 4.69) is 6.58 Å². The molecule has 0 radical (unpaired) electrons. The average Bonchev–Trinajstić information content (AvgIpc) is 3.26. The van der Waals surface area contributed by atoms with Crippen molar-refractivity contribution in [2.24, 2.45) is 29.1 Å². The fourth-order valence-electron chi connectivity index (χ4n) is 6.62. The van der Waals surface area contributed by atoms with Gasteiger partial charge < -0.3 is 28.8 Å². The molecular formula is C37H48O12. The Bertz CT molecular complexity index is 1480. The first kappa shape index (κ1) is 39.1. The summed E-state index contributed by atoms with van der Waals surface area (Å²) in [4.78, 5) is 79.2. The highest BCUT2D eigenvalue weighted by Crippen LogP contribution is 2.49. The molecule has 3 rings (SSSR count). The zero-order chi connectivity index (χ0) is 37.0. The van der Waals surface area contributed by atoms with Crippen molar-refractivity contribution in [1.82, 2.24) is 0 Å². The van der Waals surface area contributed by atoms with Gasteiger partial charge in [-0.3, -0.25) is 24.0 Å². The van der Waals surface area contributed by atoms with Gasteiger partial charge >= 0.3 is 29.8 Å². The third kappa shape index (κ3) is 8.83. The van der Waals surface area contributed by atoms with Crippen LogP contribution >= 0.6 is 0 Å². The standard InChI is InChI=1S/C37H48O12/c1-19(2)34(42)48-29-22(5)30(49-35(43)26-14-12-11-13-15-26)31(46-24(7)39)33(47-25(8)40)36(9,10)17-16-20(3)32(41)37(44)18-21(4)28(27(29)37)45-23(6)38/h11-17,19-21,27-31,33,44H,5,18H2,1-4,6-10H3/b17-16+/t20-,21-,27+,28-,29+,30-,31+,33+,37+/m0/s1. The minimum atomic E-state index is -2.24. The summed E-state index contributed by atoms with van der Waals surface area (Å²) in [6.07, 6.45) is -4.53. The van der Waals surface area contributed by atoms with Crippen molar-refractivity contribution in [3.8, 4) is 0 Å². The third-order valence-corrected chi connectivity index (χ3v) is 9.00. The van der Waals surface area contributed by atoms with E-state index < -0.39 is 101 Å². The molecule has 0 saturated heterocycles. The molecule has 0 amide bonds. The van der Waals surface area contributed by atoms with E-state index in [1.165, 1.54) is 25.1 Å². The summed E-state index contributed by atoms with van der Waals surface area (Å²) in [5.74, 6) is -8.32. The SMILES string of the molecule is C=C1[C@@H](OC(=O)C(C)C)[C@H]2[C@@H](OC(C)=O)[C@@H](C)C[C@]2(O)C(=O)[C@@H](C)/C=C/C(C)(C)[C@H](OC(C)=O)[C@H](OC(C)=O)[C@H]1OC(=O)c1ccccc1. The Kier molecular flexibility index (Phi) is 12.4. The third-order valence-electron chi connectivity index (χ3n) is 9.00. The minimum Gasteiger partial charge on any atom is -0.462 e. The molecule has 1 aromatic carbocycles. The normalized spacial score (nSPS) is 32.1. The van der Waals surface area contributed by atoms with Crippen LogP contribution in [-0.2, 0) is 47.7 Å². The lowest BCUT2D eigenvalue weighted by Crippen LogP contribution is -2.58. The maximum Gasteiger partial charge on any atom is 0.338 e. The lowest BCUT2D eigenvalue weighted by Gasteiger charge is -2.44. The molecule has 1 aromatic rings. The van der Waals surface area contributed by atoms with Gasteiger partial charge in [0.15, 0.2) is 24.1 Å². The van der Waals surface area contributed by atoms with E-state index in [1.807, 2.05) is 0 Å². The highest BCUT2D eigenvalue weighted by atomic mass is 16.6. The van der Waals surface area contributed by atoms with Crippen molar-refractivity contribution in [3.05, 3.63) is 60.2 Å². The lowest BCUT2D eigenvalue weighted by molar-refractivity contribution is -0.186. The van der Waals surface area contributed by atoms with Crippen molar-refractivity contribution < 1.29 is 57.6 Å². The van der Waals surface area contributed by atoms with Crippen LogP contribution < -0.4 is 0 Å². The Labute approximate surface area is 287 Å². The molecule has 9 atom stereocenters. The van der Waals surface area contributed by atoms with E-state index in [0.29, 0.717) is 0 Å². The smallest absolute Gasteiger partial charge is 0.338 e. The molecule has 2 aliphatic carbocycles. The van der Waals surface area contributed by atoms with Gasteiger partial charge in [-0.15, -0.1) is 0 Å². The molecule has 49 heavy (non-hydrogen) atoms. The second-order valence-corrected chi connectivity index (χ2v) is 13.9. The predicted octanol–water partition coefficient (Wildman–Crippen LogP) is 4.32. The fourth-order valence-corrected chi connectivity index (χ4v) is 6.62. The number of ether oxygens (including phenoxy) is 5. The van der Waals surface area contributed by atoms with E-state index in [9.17, 15) is 33.9 Å². The van der Waals surface area contributed by atoms with E-state index >= 15 is 0 Å². The molecule has 0 heterocycles. The first-order valence-electron chi connectivity index (χ1n) is 16.3. The van der Waals surface area contributed by atoms with Gasteiger partial charge in [0.2, 0.25) is 0 Å². The fraction of sp³-hybridized carbons (Fsp3) is 0.568. The maximum atomic E-state index is 14.3. The maximum absolute atomic E-state index is 14.3. The number of allylic oxidation sites excluding steroid dienone is 1. The number of fused-ring (bicyclic) bond motifs is 1. The molecule has 12 heteroatoms. The van der Waals surface area contributed by atoms with Crippen molar-refractivity contribution >= 4 is 35.6 Å². The number of hydrogen-bond acceptors (Lipinski definition) is 12. The number of rotatable bonds is 7. The summed E-state index contributed by atoms with van der Waals surface area (Å²) in [5, 5.41) is 12.4. The van der Waals surface area contributed by atoms with Crippen LogP contribution in [0.3, 0.4) is 0 Å². The molecule has 268 valence electrons. The first-order valence-corrected chi connectivity index (χ1v) is 16.3. The van der Waals surface area contributed by atoms with Crippen molar-refractivity contribution in [1.29, 1.82) is 0 Å². The number of ketones is 1. The molecule has 1 N–H and O–H groups in total. The van der Waals surface area contributed by atoms with Crippen LogP contribution in [0, 0.1) is 29.1 Å². The molecule has 1 fully saturated rings. The highest BCUT2D eigenvalue weighted by molar-refractivity contribution is 5.92. The topological polar surface area (TPSA) is 169 Å². The van der Waals surface area contributed by atoms with Crippen molar-refractivity contribution in [2.75, 3.05) is 0 Å². The molecule has 12 nitrogen and oxygen atoms in total. The quantitative estimate of drug-likeness (QED) is 0.246. The van der Waals surface area contributed by atoms with Gasteiger partial charge in [-0.2, -0.15) is 0 Å². The van der Waals surface area contributed by atoms with Gasteiger partial charge in [-0.25, -0.2) is 4.79 Å². The predicted molar refractivity (Wildman–Crippen MR) is 175 cm³/mol. The van der Waals surface area contributed by atoms with Gasteiger partial charge in [0, 0.05) is 37.7 Å². The van der Waals surface area contributed by atoms with E-state index in [-0.39, 0.29) is 17.6 Å². The molecule has 0 spiro atoms. The van der Waals surface area contributed by atoms with Gasteiger partial charge in [0.25, 0.3) is 0 Å². The Morgan fingerprint density at radius 3 is 1.92 bits per heavy atom. The summed E-state index contributed by atoms with van der Waals surface area (Å²) in [6, 6.07) is 7.88. The van der Waals surface area contributed by atoms with Crippen LogP contribution in [0.5, 0.6) is 0 Å². The van der Waals surface area contributed by atoms with E-state index in [0.717, 1.165) is 13.8 Å². The molecule has 0 bridgehead atoms. The van der Waals surface area contributed by atoms with Crippen LogP contribution in [0.25, 0.3) is 0 Å². The molecular weight excluding hydrogens is 636 g/mol. The Morgan fingerprint density at radius 1 is 0.837 bits per heavy atom. The molecule has 1 saturated carbocycles. The number of benzene rings is 1. The first-order chi connectivity index (χ1) is 22.7. The Morgan fingerprint density at radius 2 is 1.39 bits per heavy atom. The van der Waals surface area contributed by atoms with Gasteiger partial charge in [-0.1, -0.05) is 78.5 Å². The summed E-state index contributed by atoms with van der Waals surface area (Å²) in [5.41, 5.74) is -3.54. The van der Waals surface area contributed by atoms with Crippen molar-refractivity contribution in [3.63, 3.8) is 0 Å². The number of esters is 5. The minimum absolute atomic E-state index is 0.106. The van der Waals surface area contributed by atoms with Crippen LogP contribution in [0.1, 0.15) is 79.1 Å². The highest BCUT2D eigenvalue weighted by Gasteiger charge is 2.63. The molecule has 2 aliphatic rings. The second kappa shape index (κ2) is 15.5. The molecule has 0 aliphatic heterocycles. The number of aliphatic hydroxyl groups is 1. The van der Waals surface area contributed by atoms with Crippen LogP contribution in [0.2, 0.25) is 0 Å². The number of carbonyl (C=O) groups is 6. The van der Waals surface area contributed by atoms with Crippen LogP contribution in [0.4, 0.5) is 0 Å². The number of carbonyl (C=O) groups excluding carboxylic acids is 6. The van der Waals surface area contributed by atoms with Crippen LogP contribution in [0.15, 0.2) is 54.6 Å². The van der Waals surface area contributed by atoms with Gasteiger partial charge in [0.05, 0.1) is 17.4 Å². The number of hydrogen-bond donors (Lipinski definition) is 1. The van der Waals surface area contributed by atoms with Crippen molar-refractivity contribution in [2.45, 2.75) is 105 Å². The van der Waals surface area contributed by atoms with E-state index in [1.54, 1.807) is 65.8 Å². The number of Topliss-reactive ketones (excluding diaryl/α,β-unsaturated/α-hetero) is 1. The van der Waals surface area contributed by atoms with Gasteiger partial charge in [-0.05, 0) is 24.5 Å². The Balaban J connectivity index is 2.46. The van der Waals surface area contributed by atoms with Crippen LogP contribution in [-0.4, -0.2) is 76.9 Å². The zero-order valence-corrected chi connectivity index (χ0v) is 29.6. The molecule has 0 aromatic heterocycles. The monoisotopic (exact) mass is 684 g/mol. The Hall–Kier alpha value is -4.32. The largest absolute Gasteiger partial charge is 0.462 e. The lowest BCUT2D eigenvalue weighted by atomic mass is 9.72. The zero-order valence-electron chi connectivity index (χ0n) is 29.6. The second-order valence-electron chi connectivity index (χ2n) is 13.9. The molecule has 0 unspecified atom stereocenters. The summed E-state index contributed by atoms with van der Waals surface area (Å²) in [7, 11) is 0. The summed E-state index contributed by atoms with van der Waals surface area (Å²) >= 11 is 0. The summed E-state index contributed by atoms with van der Waals surface area (Å²) in [6.45, 7) is 17.4. The van der Waals surface area contributed by atoms with E-state index in [4.69, 9.17) is 23.7 Å². The van der Waals surface area contributed by atoms with Gasteiger partial charge in [0.1, 0.15) is 17.8 Å². The average molecular weight is 685 g/mol.